The fraction of sp³-hybridized carbons (Fsp3) is 0.912. The Morgan fingerprint density at radius 3 is 0.800 bits per heavy atom. The van der Waals surface area contributed by atoms with E-state index in [1.165, 1.54) is 116 Å². The Labute approximate surface area is 245 Å². The molecule has 0 radical (unpaired) electrons. The maximum Gasteiger partial charge on any atom is 0.308 e. The van der Waals surface area contributed by atoms with E-state index in [0.717, 1.165) is 64.2 Å². The van der Waals surface area contributed by atoms with Crippen LogP contribution in [0.1, 0.15) is 173 Å². The summed E-state index contributed by atoms with van der Waals surface area (Å²) in [4.78, 5) is 33.0. The number of carboxylic acid groups (broad SMARTS) is 2. The van der Waals surface area contributed by atoms with Crippen molar-refractivity contribution in [3.63, 3.8) is 0 Å². The van der Waals surface area contributed by atoms with Crippen molar-refractivity contribution in [3.8, 4) is 0 Å². The number of esters is 1. The summed E-state index contributed by atoms with van der Waals surface area (Å²) >= 11 is 0. The second kappa shape index (κ2) is 25.1. The Morgan fingerprint density at radius 1 is 0.400 bits per heavy atom. The highest BCUT2D eigenvalue weighted by molar-refractivity contribution is 5.72. The fourth-order valence-electron chi connectivity index (χ4n) is 6.33. The normalized spacial score (nSPS) is 22.1. The Morgan fingerprint density at radius 2 is 0.600 bits per heavy atom. The van der Waals surface area contributed by atoms with Crippen LogP contribution in [0.5, 0.6) is 0 Å². The number of carboxylic acids is 2. The molecule has 0 bridgehead atoms. The molecule has 3 fully saturated rings. The van der Waals surface area contributed by atoms with Gasteiger partial charge in [0.25, 0.3) is 0 Å². The predicted molar refractivity (Wildman–Crippen MR) is 162 cm³/mol. The molecule has 0 spiro atoms. The van der Waals surface area contributed by atoms with Crippen LogP contribution in [0.15, 0.2) is 0 Å². The summed E-state index contributed by atoms with van der Waals surface area (Å²) < 4.78 is 4.82. The third kappa shape index (κ3) is 19.5. The Balaban J connectivity index is 0.000000300. The Bertz CT molecular complexity index is 582. The maximum atomic E-state index is 11.4. The number of hydrogen-bond donors (Lipinski definition) is 2. The van der Waals surface area contributed by atoms with Gasteiger partial charge in [0.2, 0.25) is 0 Å². The van der Waals surface area contributed by atoms with Crippen LogP contribution < -0.4 is 0 Å². The van der Waals surface area contributed by atoms with E-state index in [9.17, 15) is 14.4 Å². The largest absolute Gasteiger partial charge is 0.481 e. The van der Waals surface area contributed by atoms with Crippen molar-refractivity contribution in [2.45, 2.75) is 173 Å². The molecule has 0 aromatic heterocycles. The van der Waals surface area contributed by atoms with Gasteiger partial charge in [0, 0.05) is 0 Å². The highest BCUT2D eigenvalue weighted by atomic mass is 16.5. The van der Waals surface area contributed by atoms with Crippen LogP contribution in [0.2, 0.25) is 0 Å². The predicted octanol–water partition coefficient (Wildman–Crippen LogP) is 9.72. The molecule has 0 atom stereocenters. The molecule has 3 aliphatic rings. The lowest BCUT2D eigenvalue weighted by Crippen LogP contribution is -2.16. The molecule has 3 saturated carbocycles. The number of aliphatic carboxylic acids is 2. The van der Waals surface area contributed by atoms with Gasteiger partial charge in [-0.15, -0.1) is 0 Å². The van der Waals surface area contributed by atoms with E-state index >= 15 is 0 Å². The van der Waals surface area contributed by atoms with Crippen LogP contribution in [-0.2, 0) is 19.1 Å². The minimum atomic E-state index is -0.583. The molecule has 0 unspecified atom stereocenters. The number of rotatable bonds is 3. The van der Waals surface area contributed by atoms with Gasteiger partial charge in [-0.05, 0) is 38.5 Å². The zero-order chi connectivity index (χ0) is 29.3. The van der Waals surface area contributed by atoms with Crippen LogP contribution in [0, 0.1) is 17.8 Å². The first-order valence-corrected chi connectivity index (χ1v) is 17.0. The SMILES string of the molecule is COC(=O)C1CCCCCCCCC1.O=C(O)C1CCCCCCCCC1.O=C(O)C1CCCCCCCCC1. The molecule has 40 heavy (non-hydrogen) atoms. The summed E-state index contributed by atoms with van der Waals surface area (Å²) in [6, 6.07) is 0. The molecule has 0 amide bonds. The average Bonchev–Trinajstić information content (AvgIpc) is 2.97. The Hall–Kier alpha value is -1.59. The maximum absolute atomic E-state index is 11.4. The molecular weight excluding hydrogens is 504 g/mol. The van der Waals surface area contributed by atoms with Crippen molar-refractivity contribution in [3.05, 3.63) is 0 Å². The summed E-state index contributed by atoms with van der Waals surface area (Å²) in [5, 5.41) is 17.8. The monoisotopic (exact) mass is 566 g/mol. The van der Waals surface area contributed by atoms with Crippen LogP contribution in [-0.4, -0.2) is 35.2 Å². The van der Waals surface area contributed by atoms with Crippen molar-refractivity contribution >= 4 is 17.9 Å². The van der Waals surface area contributed by atoms with Crippen molar-refractivity contribution in [2.24, 2.45) is 17.8 Å². The van der Waals surface area contributed by atoms with E-state index in [1.807, 2.05) is 0 Å². The molecule has 0 aromatic carbocycles. The molecule has 0 heterocycles. The van der Waals surface area contributed by atoms with Crippen molar-refractivity contribution in [1.82, 2.24) is 0 Å². The second-order valence-corrected chi connectivity index (χ2v) is 12.4. The van der Waals surface area contributed by atoms with Gasteiger partial charge in [-0.1, -0.05) is 135 Å². The molecule has 6 heteroatoms. The first kappa shape index (κ1) is 36.4. The van der Waals surface area contributed by atoms with Crippen LogP contribution >= 0.6 is 0 Å². The van der Waals surface area contributed by atoms with Gasteiger partial charge >= 0.3 is 17.9 Å². The van der Waals surface area contributed by atoms with Gasteiger partial charge in [-0.3, -0.25) is 14.4 Å². The molecule has 6 nitrogen and oxygen atoms in total. The molecule has 234 valence electrons. The summed E-state index contributed by atoms with van der Waals surface area (Å²) in [5.74, 6) is -1.10. The number of hydrogen-bond acceptors (Lipinski definition) is 4. The van der Waals surface area contributed by atoms with Crippen LogP contribution in [0.3, 0.4) is 0 Å². The zero-order valence-corrected chi connectivity index (χ0v) is 25.9. The van der Waals surface area contributed by atoms with Crippen molar-refractivity contribution in [1.29, 1.82) is 0 Å². The lowest BCUT2D eigenvalue weighted by atomic mass is 9.92. The molecule has 3 aliphatic carbocycles. The highest BCUT2D eigenvalue weighted by Gasteiger charge is 2.19. The molecule has 2 N–H and O–H groups in total. The van der Waals surface area contributed by atoms with Gasteiger partial charge in [-0.25, -0.2) is 0 Å². The first-order valence-electron chi connectivity index (χ1n) is 17.0. The van der Waals surface area contributed by atoms with Gasteiger partial charge in [0.15, 0.2) is 0 Å². The molecule has 0 aliphatic heterocycles. The van der Waals surface area contributed by atoms with Gasteiger partial charge in [-0.2, -0.15) is 0 Å². The molecule has 3 rings (SSSR count). The van der Waals surface area contributed by atoms with E-state index in [4.69, 9.17) is 14.9 Å². The lowest BCUT2D eigenvalue weighted by molar-refractivity contribution is -0.146. The minimum absolute atomic E-state index is 0.00516. The molecule has 0 aromatic rings. The average molecular weight is 567 g/mol. The summed E-state index contributed by atoms with van der Waals surface area (Å²) in [7, 11) is 1.50. The lowest BCUT2D eigenvalue weighted by Gasteiger charge is -2.15. The van der Waals surface area contributed by atoms with Gasteiger partial charge in [0.1, 0.15) is 0 Å². The topological polar surface area (TPSA) is 101 Å². The standard InChI is InChI=1S/C12H22O2.2C11H20O2/c1-14-12(13)11-9-7-5-3-2-4-6-8-10-11;2*12-11(13)10-8-6-4-2-1-3-5-7-9-10/h11H,2-10H2,1H3;2*10H,1-9H2,(H,12,13). The van der Waals surface area contributed by atoms with E-state index in [2.05, 4.69) is 0 Å². The van der Waals surface area contributed by atoms with E-state index in [-0.39, 0.29) is 23.7 Å². The van der Waals surface area contributed by atoms with Gasteiger partial charge < -0.3 is 14.9 Å². The van der Waals surface area contributed by atoms with Crippen LogP contribution in [0.4, 0.5) is 0 Å². The van der Waals surface area contributed by atoms with E-state index < -0.39 is 11.9 Å². The summed E-state index contributed by atoms with van der Waals surface area (Å²) in [6.45, 7) is 0. The fourth-order valence-corrected chi connectivity index (χ4v) is 6.33. The molecule has 0 saturated heterocycles. The first-order chi connectivity index (χ1) is 19.5. The zero-order valence-electron chi connectivity index (χ0n) is 25.9. The smallest absolute Gasteiger partial charge is 0.308 e. The number of ether oxygens (including phenoxy) is 1. The number of carbonyl (C=O) groups excluding carboxylic acids is 1. The van der Waals surface area contributed by atoms with E-state index in [1.54, 1.807) is 0 Å². The van der Waals surface area contributed by atoms with Gasteiger partial charge in [0.05, 0.1) is 24.9 Å². The highest BCUT2D eigenvalue weighted by Crippen LogP contribution is 2.23. The quantitative estimate of drug-likeness (QED) is 0.330. The van der Waals surface area contributed by atoms with Crippen molar-refractivity contribution in [2.75, 3.05) is 7.11 Å². The third-order valence-corrected chi connectivity index (χ3v) is 9.05. The number of carbonyl (C=O) groups is 3. The minimum Gasteiger partial charge on any atom is -0.481 e. The number of methoxy groups -OCH3 is 1. The molecular formula is C34H62O6. The summed E-state index contributed by atoms with van der Waals surface area (Å²) in [5.41, 5.74) is 0. The van der Waals surface area contributed by atoms with Crippen molar-refractivity contribution < 1.29 is 29.3 Å². The Kier molecular flexibility index (Phi) is 22.9. The third-order valence-electron chi connectivity index (χ3n) is 9.05. The second-order valence-electron chi connectivity index (χ2n) is 12.4. The van der Waals surface area contributed by atoms with E-state index in [0.29, 0.717) is 0 Å². The summed E-state index contributed by atoms with van der Waals surface area (Å²) in [6.07, 6.45) is 31.9. The van der Waals surface area contributed by atoms with Crippen LogP contribution in [0.25, 0.3) is 0 Å².